The van der Waals surface area contributed by atoms with Gasteiger partial charge < -0.3 is 11.1 Å². The van der Waals surface area contributed by atoms with Crippen molar-refractivity contribution in [2.24, 2.45) is 5.73 Å². The van der Waals surface area contributed by atoms with Crippen molar-refractivity contribution >= 4 is 15.9 Å². The van der Waals surface area contributed by atoms with Gasteiger partial charge >= 0.3 is 0 Å². The van der Waals surface area contributed by atoms with E-state index in [4.69, 9.17) is 5.73 Å². The van der Waals surface area contributed by atoms with Crippen molar-refractivity contribution in [3.05, 3.63) is 34.3 Å². The van der Waals surface area contributed by atoms with E-state index in [0.29, 0.717) is 12.5 Å². The molecular formula is C10H15BrN2. The summed E-state index contributed by atoms with van der Waals surface area (Å²) in [6.07, 6.45) is 0. The zero-order chi connectivity index (χ0) is 9.68. The molecule has 0 radical (unpaired) electrons. The molecule has 1 aromatic carbocycles. The van der Waals surface area contributed by atoms with Crippen LogP contribution in [0.15, 0.2) is 28.7 Å². The van der Waals surface area contributed by atoms with E-state index in [1.807, 2.05) is 19.2 Å². The molecule has 1 unspecified atom stereocenters. The van der Waals surface area contributed by atoms with Crippen LogP contribution in [-0.2, 0) is 0 Å². The Hall–Kier alpha value is -0.380. The highest BCUT2D eigenvalue weighted by Crippen LogP contribution is 2.18. The summed E-state index contributed by atoms with van der Waals surface area (Å²) in [4.78, 5) is 0. The van der Waals surface area contributed by atoms with E-state index in [9.17, 15) is 0 Å². The maximum atomic E-state index is 5.69. The maximum absolute atomic E-state index is 5.69. The Balaban J connectivity index is 2.78. The van der Waals surface area contributed by atoms with E-state index in [2.05, 4.69) is 33.4 Å². The fraction of sp³-hybridized carbons (Fsp3) is 0.400. The third kappa shape index (κ3) is 3.10. The van der Waals surface area contributed by atoms with Gasteiger partial charge in [-0.1, -0.05) is 28.1 Å². The van der Waals surface area contributed by atoms with Gasteiger partial charge in [-0.2, -0.15) is 0 Å². The normalized spacial score (nSPS) is 12.8. The van der Waals surface area contributed by atoms with Crippen LogP contribution >= 0.6 is 15.9 Å². The lowest BCUT2D eigenvalue weighted by Gasteiger charge is -2.14. The predicted molar refractivity (Wildman–Crippen MR) is 59.9 cm³/mol. The summed E-state index contributed by atoms with van der Waals surface area (Å²) in [5, 5.41) is 3.14. The van der Waals surface area contributed by atoms with Crippen LogP contribution in [0.4, 0.5) is 0 Å². The minimum Gasteiger partial charge on any atom is -0.330 e. The number of halogens is 1. The van der Waals surface area contributed by atoms with Crippen LogP contribution in [0.2, 0.25) is 0 Å². The first-order chi connectivity index (χ1) is 6.27. The van der Waals surface area contributed by atoms with Gasteiger partial charge in [0.25, 0.3) is 0 Å². The standard InChI is InChI=1S/C10H15BrN2/c1-13-7-9(6-12)8-3-2-4-10(11)5-8/h2-5,9,13H,6-7,12H2,1H3. The second-order valence-corrected chi connectivity index (χ2v) is 3.96. The summed E-state index contributed by atoms with van der Waals surface area (Å²) in [5.41, 5.74) is 6.97. The number of nitrogens with one attached hydrogen (secondary N) is 1. The molecule has 72 valence electrons. The summed E-state index contributed by atoms with van der Waals surface area (Å²) in [6.45, 7) is 1.60. The molecule has 1 rings (SSSR count). The van der Waals surface area contributed by atoms with E-state index in [1.165, 1.54) is 5.56 Å². The molecule has 1 atom stereocenters. The molecule has 0 bridgehead atoms. The number of likely N-dealkylation sites (N-methyl/N-ethyl adjacent to an activating group) is 1. The molecule has 1 aromatic rings. The molecule has 0 aliphatic carbocycles. The minimum absolute atomic E-state index is 0.405. The second-order valence-electron chi connectivity index (χ2n) is 3.05. The van der Waals surface area contributed by atoms with Crippen molar-refractivity contribution in [2.75, 3.05) is 20.1 Å². The van der Waals surface area contributed by atoms with Crippen molar-refractivity contribution in [3.63, 3.8) is 0 Å². The highest BCUT2D eigenvalue weighted by atomic mass is 79.9. The van der Waals surface area contributed by atoms with Gasteiger partial charge in [-0.3, -0.25) is 0 Å². The molecule has 0 heterocycles. The topological polar surface area (TPSA) is 38.0 Å². The molecule has 13 heavy (non-hydrogen) atoms. The number of benzene rings is 1. The molecule has 3 heteroatoms. The van der Waals surface area contributed by atoms with Gasteiger partial charge in [0.1, 0.15) is 0 Å². The lowest BCUT2D eigenvalue weighted by Crippen LogP contribution is -2.23. The monoisotopic (exact) mass is 242 g/mol. The lowest BCUT2D eigenvalue weighted by molar-refractivity contribution is 0.637. The Bertz CT molecular complexity index is 263. The largest absolute Gasteiger partial charge is 0.330 e. The molecule has 0 aliphatic heterocycles. The summed E-state index contributed by atoms with van der Waals surface area (Å²) in [6, 6.07) is 8.29. The predicted octanol–water partition coefficient (Wildman–Crippen LogP) is 1.71. The van der Waals surface area contributed by atoms with Gasteiger partial charge in [0.2, 0.25) is 0 Å². The minimum atomic E-state index is 0.405. The summed E-state index contributed by atoms with van der Waals surface area (Å²) < 4.78 is 1.11. The zero-order valence-electron chi connectivity index (χ0n) is 7.76. The van der Waals surface area contributed by atoms with Crippen LogP contribution in [-0.4, -0.2) is 20.1 Å². The molecule has 0 saturated heterocycles. The summed E-state index contributed by atoms with van der Waals surface area (Å²) in [5.74, 6) is 0.405. The lowest BCUT2D eigenvalue weighted by atomic mass is 9.99. The van der Waals surface area contributed by atoms with Crippen molar-refractivity contribution in [1.82, 2.24) is 5.32 Å². The van der Waals surface area contributed by atoms with Gasteiger partial charge in [0, 0.05) is 23.5 Å². The molecule has 0 spiro atoms. The fourth-order valence-electron chi connectivity index (χ4n) is 1.34. The van der Waals surface area contributed by atoms with Crippen molar-refractivity contribution in [1.29, 1.82) is 0 Å². The number of nitrogens with two attached hydrogens (primary N) is 1. The Morgan fingerprint density at radius 1 is 1.54 bits per heavy atom. The van der Waals surface area contributed by atoms with E-state index in [-0.39, 0.29) is 0 Å². The van der Waals surface area contributed by atoms with Crippen molar-refractivity contribution < 1.29 is 0 Å². The van der Waals surface area contributed by atoms with E-state index < -0.39 is 0 Å². The van der Waals surface area contributed by atoms with Crippen molar-refractivity contribution in [3.8, 4) is 0 Å². The molecule has 3 N–H and O–H groups in total. The van der Waals surface area contributed by atoms with Gasteiger partial charge in [-0.05, 0) is 24.7 Å². The first-order valence-electron chi connectivity index (χ1n) is 4.38. The summed E-state index contributed by atoms with van der Waals surface area (Å²) in [7, 11) is 1.95. The van der Waals surface area contributed by atoms with Crippen LogP contribution in [0.1, 0.15) is 11.5 Å². The number of rotatable bonds is 4. The third-order valence-electron chi connectivity index (χ3n) is 2.06. The zero-order valence-corrected chi connectivity index (χ0v) is 9.34. The molecule has 0 fully saturated rings. The Morgan fingerprint density at radius 2 is 2.31 bits per heavy atom. The van der Waals surface area contributed by atoms with Gasteiger partial charge in [0.05, 0.1) is 0 Å². The molecule has 0 amide bonds. The van der Waals surface area contributed by atoms with Gasteiger partial charge in [0.15, 0.2) is 0 Å². The Morgan fingerprint density at radius 3 is 2.85 bits per heavy atom. The second kappa shape index (κ2) is 5.37. The molecule has 0 aromatic heterocycles. The van der Waals surface area contributed by atoms with Crippen LogP contribution in [0.5, 0.6) is 0 Å². The highest BCUT2D eigenvalue weighted by molar-refractivity contribution is 9.10. The smallest absolute Gasteiger partial charge is 0.0178 e. The van der Waals surface area contributed by atoms with Crippen LogP contribution in [0.3, 0.4) is 0 Å². The highest BCUT2D eigenvalue weighted by Gasteiger charge is 2.07. The maximum Gasteiger partial charge on any atom is 0.0178 e. The number of hydrogen-bond acceptors (Lipinski definition) is 2. The van der Waals surface area contributed by atoms with E-state index in [1.54, 1.807) is 0 Å². The average Bonchev–Trinajstić information content (AvgIpc) is 2.14. The Labute approximate surface area is 87.6 Å². The summed E-state index contributed by atoms with van der Waals surface area (Å²) >= 11 is 3.45. The third-order valence-corrected chi connectivity index (χ3v) is 2.55. The Kier molecular flexibility index (Phi) is 4.42. The molecule has 0 aliphatic rings. The quantitative estimate of drug-likeness (QED) is 0.844. The van der Waals surface area contributed by atoms with Crippen molar-refractivity contribution in [2.45, 2.75) is 5.92 Å². The molecule has 0 saturated carbocycles. The molecule has 2 nitrogen and oxygen atoms in total. The molecular weight excluding hydrogens is 228 g/mol. The van der Waals surface area contributed by atoms with Crippen LogP contribution < -0.4 is 11.1 Å². The van der Waals surface area contributed by atoms with Crippen LogP contribution in [0, 0.1) is 0 Å². The number of hydrogen-bond donors (Lipinski definition) is 2. The van der Waals surface area contributed by atoms with E-state index >= 15 is 0 Å². The van der Waals surface area contributed by atoms with Gasteiger partial charge in [-0.15, -0.1) is 0 Å². The van der Waals surface area contributed by atoms with Crippen LogP contribution in [0.25, 0.3) is 0 Å². The first-order valence-corrected chi connectivity index (χ1v) is 5.17. The van der Waals surface area contributed by atoms with E-state index in [0.717, 1.165) is 11.0 Å². The fourth-order valence-corrected chi connectivity index (χ4v) is 1.76. The SMILES string of the molecule is CNCC(CN)c1cccc(Br)c1. The first kappa shape index (κ1) is 10.7. The average molecular weight is 243 g/mol. The van der Waals surface area contributed by atoms with Gasteiger partial charge in [-0.25, -0.2) is 0 Å².